The topological polar surface area (TPSA) is 75.7 Å². The smallest absolute Gasteiger partial charge is 0.336 e. The molecule has 8 heteroatoms. The molecular formula is C15H13BrN2O4S. The zero-order valence-corrected chi connectivity index (χ0v) is 14.5. The number of carbonyl (C=O) groups is 1. The second-order valence-electron chi connectivity index (χ2n) is 4.93. The average Bonchev–Trinajstić information content (AvgIpc) is 2.53. The Bertz CT molecular complexity index is 866. The van der Waals surface area contributed by atoms with Crippen LogP contribution in [0, 0.1) is 0 Å². The minimum atomic E-state index is -3.91. The van der Waals surface area contributed by atoms with Crippen molar-refractivity contribution >= 4 is 37.7 Å². The van der Waals surface area contributed by atoms with Crippen LogP contribution in [0.25, 0.3) is 0 Å². The summed E-state index contributed by atoms with van der Waals surface area (Å²) >= 11 is 3.25. The summed E-state index contributed by atoms with van der Waals surface area (Å²) in [7, 11) is -2.36. The molecule has 6 nitrogen and oxygen atoms in total. The maximum absolute atomic E-state index is 12.7. The molecule has 120 valence electrons. The van der Waals surface area contributed by atoms with E-state index in [9.17, 15) is 13.2 Å². The first-order valence-corrected chi connectivity index (χ1v) is 8.91. The predicted molar refractivity (Wildman–Crippen MR) is 88.9 cm³/mol. The maximum atomic E-state index is 12.7. The molecule has 23 heavy (non-hydrogen) atoms. The van der Waals surface area contributed by atoms with Gasteiger partial charge in [0.2, 0.25) is 0 Å². The summed E-state index contributed by atoms with van der Waals surface area (Å²) in [6.45, 7) is -0.0515. The lowest BCUT2D eigenvalue weighted by atomic mass is 10.2. The van der Waals surface area contributed by atoms with Gasteiger partial charge in [-0.15, -0.1) is 0 Å². The Morgan fingerprint density at radius 2 is 1.87 bits per heavy atom. The SMILES string of the molecule is COc1ccc(CN2C(=O)Nc3ccc(Br)cc3S2(=O)=O)cc1. The van der Waals surface area contributed by atoms with Crippen LogP contribution in [-0.4, -0.2) is 25.9 Å². The van der Waals surface area contributed by atoms with Crippen molar-refractivity contribution in [3.05, 3.63) is 52.5 Å². The van der Waals surface area contributed by atoms with E-state index in [0.29, 0.717) is 15.8 Å². The Morgan fingerprint density at radius 3 is 2.52 bits per heavy atom. The molecule has 0 saturated carbocycles. The third-order valence-electron chi connectivity index (χ3n) is 3.47. The number of amides is 2. The van der Waals surface area contributed by atoms with Gasteiger partial charge in [-0.1, -0.05) is 28.1 Å². The van der Waals surface area contributed by atoms with Crippen LogP contribution in [0.2, 0.25) is 0 Å². The second-order valence-corrected chi connectivity index (χ2v) is 7.68. The van der Waals surface area contributed by atoms with Crippen molar-refractivity contribution in [1.29, 1.82) is 0 Å². The number of halogens is 1. The highest BCUT2D eigenvalue weighted by Crippen LogP contribution is 2.33. The van der Waals surface area contributed by atoms with Crippen LogP contribution in [-0.2, 0) is 16.6 Å². The summed E-state index contributed by atoms with van der Waals surface area (Å²) in [5.41, 5.74) is 0.965. The number of methoxy groups -OCH3 is 1. The van der Waals surface area contributed by atoms with Gasteiger partial charge < -0.3 is 10.1 Å². The van der Waals surface area contributed by atoms with Gasteiger partial charge >= 0.3 is 6.03 Å². The first-order chi connectivity index (χ1) is 10.9. The van der Waals surface area contributed by atoms with Gasteiger partial charge in [0.15, 0.2) is 0 Å². The summed E-state index contributed by atoms with van der Waals surface area (Å²) in [5, 5.41) is 2.60. The van der Waals surface area contributed by atoms with E-state index in [4.69, 9.17) is 4.74 Å². The molecule has 1 heterocycles. The quantitative estimate of drug-likeness (QED) is 0.863. The molecule has 0 unspecified atom stereocenters. The van der Waals surface area contributed by atoms with E-state index < -0.39 is 16.1 Å². The fourth-order valence-corrected chi connectivity index (χ4v) is 4.28. The summed E-state index contributed by atoms with van der Waals surface area (Å²) in [4.78, 5) is 12.3. The molecule has 0 spiro atoms. The lowest BCUT2D eigenvalue weighted by Gasteiger charge is -2.29. The fourth-order valence-electron chi connectivity index (χ4n) is 2.27. The second kappa shape index (κ2) is 5.86. The molecule has 1 aliphatic rings. The van der Waals surface area contributed by atoms with Crippen LogP contribution in [0.15, 0.2) is 51.8 Å². The maximum Gasteiger partial charge on any atom is 0.336 e. The molecule has 2 amide bonds. The molecule has 0 saturated heterocycles. The van der Waals surface area contributed by atoms with Crippen LogP contribution in [0.3, 0.4) is 0 Å². The minimum absolute atomic E-state index is 0.0515. The van der Waals surface area contributed by atoms with Gasteiger partial charge in [0.25, 0.3) is 10.0 Å². The van der Waals surface area contributed by atoms with Gasteiger partial charge in [0.1, 0.15) is 10.6 Å². The number of nitrogens with one attached hydrogen (secondary N) is 1. The van der Waals surface area contributed by atoms with Gasteiger partial charge in [-0.05, 0) is 35.9 Å². The van der Waals surface area contributed by atoms with Gasteiger partial charge in [0.05, 0.1) is 19.3 Å². The largest absolute Gasteiger partial charge is 0.497 e. The highest BCUT2D eigenvalue weighted by molar-refractivity contribution is 9.10. The first-order valence-electron chi connectivity index (χ1n) is 6.68. The minimum Gasteiger partial charge on any atom is -0.497 e. The van der Waals surface area contributed by atoms with Gasteiger partial charge in [0, 0.05) is 4.47 Å². The number of ether oxygens (including phenoxy) is 1. The summed E-state index contributed by atoms with van der Waals surface area (Å²) in [6, 6.07) is 10.9. The molecule has 1 N–H and O–H groups in total. The number of anilines is 1. The van der Waals surface area contributed by atoms with Gasteiger partial charge in [-0.2, -0.15) is 0 Å². The number of nitrogens with zero attached hydrogens (tertiary/aromatic N) is 1. The van der Waals surface area contributed by atoms with Crippen molar-refractivity contribution in [1.82, 2.24) is 4.31 Å². The summed E-state index contributed by atoms with van der Waals surface area (Å²) in [6.07, 6.45) is 0. The third-order valence-corrected chi connectivity index (χ3v) is 5.73. The monoisotopic (exact) mass is 396 g/mol. The van der Waals surface area contributed by atoms with Crippen molar-refractivity contribution < 1.29 is 17.9 Å². The lowest BCUT2D eigenvalue weighted by molar-refractivity contribution is 0.233. The van der Waals surface area contributed by atoms with Crippen LogP contribution in [0.5, 0.6) is 5.75 Å². The van der Waals surface area contributed by atoms with Crippen LogP contribution in [0.1, 0.15) is 5.56 Å². The molecule has 0 fully saturated rings. The molecular weight excluding hydrogens is 384 g/mol. The lowest BCUT2D eigenvalue weighted by Crippen LogP contribution is -2.43. The predicted octanol–water partition coefficient (Wildman–Crippen LogP) is 3.19. The number of carbonyl (C=O) groups excluding carboxylic acids is 1. The number of sulfonamides is 1. The van der Waals surface area contributed by atoms with Crippen LogP contribution in [0.4, 0.5) is 10.5 Å². The summed E-state index contributed by atoms with van der Waals surface area (Å²) in [5.74, 6) is 0.661. The van der Waals surface area contributed by atoms with E-state index >= 15 is 0 Å². The van der Waals surface area contributed by atoms with E-state index in [2.05, 4.69) is 21.2 Å². The Kier molecular flexibility index (Phi) is 4.03. The average molecular weight is 397 g/mol. The zero-order valence-electron chi connectivity index (χ0n) is 12.1. The van der Waals surface area contributed by atoms with E-state index in [0.717, 1.165) is 4.31 Å². The Morgan fingerprint density at radius 1 is 1.17 bits per heavy atom. The number of benzene rings is 2. The van der Waals surface area contributed by atoms with Crippen molar-refractivity contribution in [2.24, 2.45) is 0 Å². The number of hydrogen-bond donors (Lipinski definition) is 1. The molecule has 0 atom stereocenters. The molecule has 0 bridgehead atoms. The van der Waals surface area contributed by atoms with Crippen LogP contribution < -0.4 is 10.1 Å². The number of urea groups is 1. The molecule has 2 aromatic rings. The standard InChI is InChI=1S/C15H13BrN2O4S/c1-22-12-5-2-10(3-6-12)9-18-15(19)17-13-7-4-11(16)8-14(13)23(18,20)21/h2-8H,9H2,1H3,(H,17,19). The molecule has 0 aliphatic carbocycles. The van der Waals surface area contributed by atoms with Crippen LogP contribution >= 0.6 is 15.9 Å². The molecule has 3 rings (SSSR count). The fraction of sp³-hybridized carbons (Fsp3) is 0.133. The van der Waals surface area contributed by atoms with E-state index in [1.54, 1.807) is 43.5 Å². The molecule has 0 aromatic heterocycles. The van der Waals surface area contributed by atoms with Crippen molar-refractivity contribution in [3.8, 4) is 5.75 Å². The molecule has 2 aromatic carbocycles. The Hall–Kier alpha value is -2.06. The van der Waals surface area contributed by atoms with Crippen molar-refractivity contribution in [2.45, 2.75) is 11.4 Å². The Labute approximate surface area is 142 Å². The van der Waals surface area contributed by atoms with Gasteiger partial charge in [-0.25, -0.2) is 17.5 Å². The number of hydrogen-bond acceptors (Lipinski definition) is 4. The first kappa shape index (κ1) is 15.8. The van der Waals surface area contributed by atoms with Crippen molar-refractivity contribution in [2.75, 3.05) is 12.4 Å². The highest BCUT2D eigenvalue weighted by atomic mass is 79.9. The number of rotatable bonds is 3. The third kappa shape index (κ3) is 2.91. The normalized spacial score (nSPS) is 15.7. The van der Waals surface area contributed by atoms with Gasteiger partial charge in [-0.3, -0.25) is 0 Å². The van der Waals surface area contributed by atoms with E-state index in [-0.39, 0.29) is 17.1 Å². The summed E-state index contributed by atoms with van der Waals surface area (Å²) < 4.78 is 31.9. The van der Waals surface area contributed by atoms with E-state index in [1.807, 2.05) is 0 Å². The Balaban J connectivity index is 1.97. The number of fused-ring (bicyclic) bond motifs is 1. The molecule has 1 aliphatic heterocycles. The van der Waals surface area contributed by atoms with E-state index in [1.165, 1.54) is 6.07 Å². The molecule has 0 radical (unpaired) electrons. The van der Waals surface area contributed by atoms with Crippen molar-refractivity contribution in [3.63, 3.8) is 0 Å². The highest BCUT2D eigenvalue weighted by Gasteiger charge is 2.36. The zero-order chi connectivity index (χ0) is 16.6.